The molecule has 2 amide bonds. The van der Waals surface area contributed by atoms with E-state index in [1.807, 2.05) is 0 Å². The van der Waals surface area contributed by atoms with Crippen molar-refractivity contribution in [1.82, 2.24) is 15.3 Å². The number of aromatic nitrogens is 2. The van der Waals surface area contributed by atoms with Gasteiger partial charge < -0.3 is 10.0 Å². The van der Waals surface area contributed by atoms with E-state index in [2.05, 4.69) is 15.3 Å². The van der Waals surface area contributed by atoms with E-state index in [-0.39, 0.29) is 31.5 Å². The molecule has 0 radical (unpaired) electrons. The molecule has 1 saturated heterocycles. The van der Waals surface area contributed by atoms with Gasteiger partial charge in [-0.1, -0.05) is 0 Å². The van der Waals surface area contributed by atoms with Gasteiger partial charge in [-0.05, 0) is 0 Å². The van der Waals surface area contributed by atoms with Crippen molar-refractivity contribution in [2.75, 3.05) is 18.0 Å². The highest BCUT2D eigenvalue weighted by molar-refractivity contribution is 6.02. The lowest BCUT2D eigenvalue weighted by Crippen LogP contribution is -2.52. The topological polar surface area (TPSA) is 95.4 Å². The van der Waals surface area contributed by atoms with Crippen LogP contribution >= 0.6 is 0 Å². The van der Waals surface area contributed by atoms with Crippen molar-refractivity contribution >= 4 is 17.8 Å². The quantitative estimate of drug-likeness (QED) is 0.587. The van der Waals surface area contributed by atoms with Crippen LogP contribution in [0, 0.1) is 0 Å². The minimum absolute atomic E-state index is 0.0597. The second-order valence-corrected chi connectivity index (χ2v) is 3.38. The Hall–Kier alpha value is -2.02. The third-order valence-corrected chi connectivity index (χ3v) is 2.10. The third-order valence-electron chi connectivity index (χ3n) is 2.10. The summed E-state index contributed by atoms with van der Waals surface area (Å²) < 4.78 is 0. The van der Waals surface area contributed by atoms with Gasteiger partial charge in [-0.2, -0.15) is 0 Å². The largest absolute Gasteiger partial charge is 0.392 e. The van der Waals surface area contributed by atoms with E-state index in [4.69, 9.17) is 5.11 Å². The highest BCUT2D eigenvalue weighted by atomic mass is 16.3. The monoisotopic (exact) mass is 222 g/mol. The summed E-state index contributed by atoms with van der Waals surface area (Å²) in [6.45, 7) is -0.0197. The number of piperazine rings is 1. The summed E-state index contributed by atoms with van der Waals surface area (Å²) >= 11 is 0. The maximum atomic E-state index is 11.1. The van der Waals surface area contributed by atoms with E-state index < -0.39 is 0 Å². The first-order chi connectivity index (χ1) is 7.69. The Bertz CT molecular complexity index is 401. The Kier molecular flexibility index (Phi) is 2.78. The minimum Gasteiger partial charge on any atom is -0.392 e. The summed E-state index contributed by atoms with van der Waals surface area (Å²) in [7, 11) is 0. The van der Waals surface area contributed by atoms with Crippen molar-refractivity contribution in [2.45, 2.75) is 6.61 Å². The smallest absolute Gasteiger partial charge is 0.246 e. The van der Waals surface area contributed by atoms with Gasteiger partial charge in [0.1, 0.15) is 13.1 Å². The van der Waals surface area contributed by atoms with E-state index in [1.54, 1.807) is 0 Å². The van der Waals surface area contributed by atoms with E-state index in [9.17, 15) is 9.59 Å². The number of carbonyl (C=O) groups excluding carboxylic acids is 2. The normalized spacial score (nSPS) is 16.2. The molecule has 7 nitrogen and oxygen atoms in total. The van der Waals surface area contributed by atoms with Crippen LogP contribution < -0.4 is 10.2 Å². The van der Waals surface area contributed by atoms with Crippen LogP contribution in [0.15, 0.2) is 12.4 Å². The van der Waals surface area contributed by atoms with Gasteiger partial charge in [0.2, 0.25) is 17.8 Å². The number of nitrogens with zero attached hydrogens (tertiary/aromatic N) is 3. The summed E-state index contributed by atoms with van der Waals surface area (Å²) in [5.41, 5.74) is 0.580. The van der Waals surface area contributed by atoms with Gasteiger partial charge in [0.15, 0.2) is 0 Å². The van der Waals surface area contributed by atoms with Crippen LogP contribution in [0.4, 0.5) is 5.95 Å². The SMILES string of the molecule is O=C1CN(c2ncc(CO)cn2)CC(=O)N1. The summed E-state index contributed by atoms with van der Waals surface area (Å²) in [4.78, 5) is 31.6. The van der Waals surface area contributed by atoms with Crippen LogP contribution in [0.2, 0.25) is 0 Å². The highest BCUT2D eigenvalue weighted by Crippen LogP contribution is 2.08. The molecule has 0 aliphatic carbocycles. The average molecular weight is 222 g/mol. The average Bonchev–Trinajstić information content (AvgIpc) is 2.28. The fourth-order valence-electron chi connectivity index (χ4n) is 1.37. The molecule has 84 valence electrons. The van der Waals surface area contributed by atoms with Crippen LogP contribution in [-0.2, 0) is 16.2 Å². The zero-order valence-corrected chi connectivity index (χ0v) is 8.38. The van der Waals surface area contributed by atoms with E-state index in [1.165, 1.54) is 17.3 Å². The van der Waals surface area contributed by atoms with Gasteiger partial charge in [0.05, 0.1) is 6.61 Å². The predicted octanol–water partition coefficient (Wildman–Crippen LogP) is -1.57. The van der Waals surface area contributed by atoms with Gasteiger partial charge in [-0.25, -0.2) is 9.97 Å². The van der Waals surface area contributed by atoms with Crippen LogP contribution in [-0.4, -0.2) is 40.0 Å². The number of aliphatic hydroxyl groups is 1. The maximum absolute atomic E-state index is 11.1. The molecule has 1 aromatic heterocycles. The molecular weight excluding hydrogens is 212 g/mol. The molecule has 1 aromatic rings. The Morgan fingerprint density at radius 3 is 2.31 bits per heavy atom. The summed E-state index contributed by atoms with van der Waals surface area (Å²) in [6.07, 6.45) is 2.92. The zero-order valence-electron chi connectivity index (χ0n) is 8.38. The molecule has 1 aliphatic rings. The molecule has 7 heteroatoms. The van der Waals surface area contributed by atoms with Crippen LogP contribution in [0.25, 0.3) is 0 Å². The van der Waals surface area contributed by atoms with Crippen molar-refractivity contribution in [3.63, 3.8) is 0 Å². The standard InChI is InChI=1S/C9H10N4O3/c14-5-6-1-10-9(11-2-6)13-3-7(15)12-8(16)4-13/h1-2,14H,3-5H2,(H,12,15,16). The maximum Gasteiger partial charge on any atom is 0.246 e. The first kappa shape index (κ1) is 10.5. The molecule has 0 atom stereocenters. The predicted molar refractivity (Wildman–Crippen MR) is 53.3 cm³/mol. The second kappa shape index (κ2) is 4.23. The molecule has 0 aromatic carbocycles. The van der Waals surface area contributed by atoms with Gasteiger partial charge in [-0.3, -0.25) is 14.9 Å². The Morgan fingerprint density at radius 2 is 1.81 bits per heavy atom. The first-order valence-electron chi connectivity index (χ1n) is 4.68. The number of anilines is 1. The molecule has 0 spiro atoms. The van der Waals surface area contributed by atoms with Crippen molar-refractivity contribution in [1.29, 1.82) is 0 Å². The number of hydrogen-bond donors (Lipinski definition) is 2. The molecule has 0 saturated carbocycles. The lowest BCUT2D eigenvalue weighted by Gasteiger charge is -2.25. The lowest BCUT2D eigenvalue weighted by atomic mass is 10.3. The van der Waals surface area contributed by atoms with Crippen LogP contribution in [0.1, 0.15) is 5.56 Å². The number of nitrogens with one attached hydrogen (secondary N) is 1. The third kappa shape index (κ3) is 2.14. The number of amides is 2. The first-order valence-corrected chi connectivity index (χ1v) is 4.68. The Morgan fingerprint density at radius 1 is 1.25 bits per heavy atom. The minimum atomic E-state index is -0.369. The van der Waals surface area contributed by atoms with Gasteiger partial charge in [0, 0.05) is 18.0 Å². The summed E-state index contributed by atoms with van der Waals surface area (Å²) in [5, 5.41) is 11.0. The number of aliphatic hydroxyl groups excluding tert-OH is 1. The molecule has 0 bridgehead atoms. The number of hydrogen-bond acceptors (Lipinski definition) is 6. The molecular formula is C9H10N4O3. The summed E-state index contributed by atoms with van der Waals surface area (Å²) in [6, 6.07) is 0. The van der Waals surface area contributed by atoms with Crippen LogP contribution in [0.3, 0.4) is 0 Å². The molecule has 0 unspecified atom stereocenters. The van der Waals surface area contributed by atoms with Gasteiger partial charge in [-0.15, -0.1) is 0 Å². The van der Waals surface area contributed by atoms with E-state index in [0.29, 0.717) is 11.5 Å². The van der Waals surface area contributed by atoms with E-state index in [0.717, 1.165) is 0 Å². The number of carbonyl (C=O) groups is 2. The van der Waals surface area contributed by atoms with Crippen molar-refractivity contribution in [3.8, 4) is 0 Å². The Balaban J connectivity index is 2.16. The van der Waals surface area contributed by atoms with Crippen molar-refractivity contribution < 1.29 is 14.7 Å². The highest BCUT2D eigenvalue weighted by Gasteiger charge is 2.24. The van der Waals surface area contributed by atoms with Gasteiger partial charge >= 0.3 is 0 Å². The number of imide groups is 1. The molecule has 2 heterocycles. The van der Waals surface area contributed by atoms with E-state index >= 15 is 0 Å². The zero-order chi connectivity index (χ0) is 11.5. The number of rotatable bonds is 2. The second-order valence-electron chi connectivity index (χ2n) is 3.38. The molecule has 16 heavy (non-hydrogen) atoms. The molecule has 2 N–H and O–H groups in total. The van der Waals surface area contributed by atoms with Crippen LogP contribution in [0.5, 0.6) is 0 Å². The lowest BCUT2D eigenvalue weighted by molar-refractivity contribution is -0.130. The summed E-state index contributed by atoms with van der Waals surface area (Å²) in [5.74, 6) is -0.433. The molecule has 1 aliphatic heterocycles. The fraction of sp³-hybridized carbons (Fsp3) is 0.333. The van der Waals surface area contributed by atoms with Crippen molar-refractivity contribution in [2.24, 2.45) is 0 Å². The van der Waals surface area contributed by atoms with Crippen molar-refractivity contribution in [3.05, 3.63) is 18.0 Å². The van der Waals surface area contributed by atoms with Gasteiger partial charge in [0.25, 0.3) is 0 Å². The molecule has 1 fully saturated rings. The molecule has 2 rings (SSSR count). The Labute approximate surface area is 91.1 Å². The fourth-order valence-corrected chi connectivity index (χ4v) is 1.37.